The second-order valence-electron chi connectivity index (χ2n) is 5.92. The highest BCUT2D eigenvalue weighted by molar-refractivity contribution is 7.99. The lowest BCUT2D eigenvalue weighted by Crippen LogP contribution is -2.14. The normalized spacial score (nSPS) is 10.4. The van der Waals surface area contributed by atoms with Crippen LogP contribution in [-0.4, -0.2) is 42.0 Å². The molecule has 0 atom stereocenters. The topological polar surface area (TPSA) is 74.6 Å². The molecule has 0 saturated heterocycles. The molecule has 152 valence electrons. The molecule has 0 aliphatic carbocycles. The van der Waals surface area contributed by atoms with Gasteiger partial charge in [-0.3, -0.25) is 9.36 Å². The molecule has 0 unspecified atom stereocenters. The van der Waals surface area contributed by atoms with Gasteiger partial charge in [0.2, 0.25) is 5.91 Å². The summed E-state index contributed by atoms with van der Waals surface area (Å²) in [4.78, 5) is 16.8. The Morgan fingerprint density at radius 3 is 2.76 bits per heavy atom. The van der Waals surface area contributed by atoms with Crippen molar-refractivity contribution in [3.8, 4) is 22.9 Å². The Hall–Kier alpha value is -3.13. The van der Waals surface area contributed by atoms with Gasteiger partial charge in [0, 0.05) is 30.2 Å². The van der Waals surface area contributed by atoms with Crippen molar-refractivity contribution in [1.29, 1.82) is 0 Å². The van der Waals surface area contributed by atoms with Gasteiger partial charge >= 0.3 is 0 Å². The van der Waals surface area contributed by atoms with E-state index >= 15 is 0 Å². The average Bonchev–Trinajstić information content (AvgIpc) is 3.22. The summed E-state index contributed by atoms with van der Waals surface area (Å²) in [7, 11) is 3.20. The van der Waals surface area contributed by atoms with Crippen molar-refractivity contribution >= 4 is 23.4 Å². The van der Waals surface area contributed by atoms with Gasteiger partial charge in [-0.25, -0.2) is 4.98 Å². The average molecular weight is 413 g/mol. The molecule has 0 aliphatic rings. The maximum Gasteiger partial charge on any atom is 0.234 e. The quantitative estimate of drug-likeness (QED) is 0.534. The number of carbonyl (C=O) groups excluding carboxylic acids is 1. The molecular weight excluding hydrogens is 390 g/mol. The Kier molecular flexibility index (Phi) is 7.02. The summed E-state index contributed by atoms with van der Waals surface area (Å²) in [5.74, 6) is 2.06. The van der Waals surface area contributed by atoms with Crippen LogP contribution in [0.3, 0.4) is 0 Å². The smallest absolute Gasteiger partial charge is 0.234 e. The molecule has 29 heavy (non-hydrogen) atoms. The molecular formula is C21H23N3O4S. The summed E-state index contributed by atoms with van der Waals surface area (Å²) >= 11 is 1.35. The molecule has 1 aromatic heterocycles. The highest BCUT2D eigenvalue weighted by Crippen LogP contribution is 2.30. The van der Waals surface area contributed by atoms with Gasteiger partial charge in [0.1, 0.15) is 5.75 Å². The SMILES string of the molecule is CCOc1ccc(NC(=O)CSc2nccn2-c2cccc(OC)c2)cc1OC. The third kappa shape index (κ3) is 5.23. The first-order chi connectivity index (χ1) is 14.1. The number of anilines is 1. The maximum atomic E-state index is 12.4. The summed E-state index contributed by atoms with van der Waals surface area (Å²) in [6.45, 7) is 2.44. The molecule has 1 amide bonds. The third-order valence-electron chi connectivity index (χ3n) is 4.02. The van der Waals surface area contributed by atoms with Crippen molar-refractivity contribution in [2.45, 2.75) is 12.1 Å². The van der Waals surface area contributed by atoms with Crippen molar-refractivity contribution in [2.75, 3.05) is 31.9 Å². The minimum absolute atomic E-state index is 0.138. The zero-order valence-corrected chi connectivity index (χ0v) is 17.4. The minimum Gasteiger partial charge on any atom is -0.497 e. The number of imidazole rings is 1. The summed E-state index contributed by atoms with van der Waals surface area (Å²) < 4.78 is 18.0. The van der Waals surface area contributed by atoms with Gasteiger partial charge in [0.05, 0.1) is 32.3 Å². The summed E-state index contributed by atoms with van der Waals surface area (Å²) in [6.07, 6.45) is 3.56. The van der Waals surface area contributed by atoms with Gasteiger partial charge in [0.25, 0.3) is 0 Å². The van der Waals surface area contributed by atoms with E-state index in [1.807, 2.05) is 42.0 Å². The van der Waals surface area contributed by atoms with Crippen molar-refractivity contribution in [1.82, 2.24) is 9.55 Å². The molecule has 8 heteroatoms. The first-order valence-corrected chi connectivity index (χ1v) is 10.0. The molecule has 7 nitrogen and oxygen atoms in total. The van der Waals surface area contributed by atoms with Gasteiger partial charge < -0.3 is 19.5 Å². The van der Waals surface area contributed by atoms with E-state index in [2.05, 4.69) is 10.3 Å². The van der Waals surface area contributed by atoms with Gasteiger partial charge in [-0.2, -0.15) is 0 Å². The van der Waals surface area contributed by atoms with E-state index in [1.165, 1.54) is 11.8 Å². The highest BCUT2D eigenvalue weighted by Gasteiger charge is 2.11. The number of nitrogens with one attached hydrogen (secondary N) is 1. The first-order valence-electron chi connectivity index (χ1n) is 9.06. The Balaban J connectivity index is 1.64. The lowest BCUT2D eigenvalue weighted by molar-refractivity contribution is -0.113. The number of aromatic nitrogens is 2. The number of thioether (sulfide) groups is 1. The Morgan fingerprint density at radius 1 is 1.14 bits per heavy atom. The second-order valence-corrected chi connectivity index (χ2v) is 6.86. The standard InChI is InChI=1S/C21H23N3O4S/c1-4-28-18-9-8-15(12-19(18)27-3)23-20(25)14-29-21-22-10-11-24(21)16-6-5-7-17(13-16)26-2/h5-13H,4,14H2,1-3H3,(H,23,25). The molecule has 3 rings (SSSR count). The predicted octanol–water partition coefficient (Wildman–Crippen LogP) is 4.02. The number of nitrogens with zero attached hydrogens (tertiary/aromatic N) is 2. The lowest BCUT2D eigenvalue weighted by atomic mass is 10.2. The Labute approximate surface area is 174 Å². The van der Waals surface area contributed by atoms with Crippen molar-refractivity contribution in [3.05, 3.63) is 54.9 Å². The second kappa shape index (κ2) is 9.88. The lowest BCUT2D eigenvalue weighted by Gasteiger charge is -2.12. The number of benzene rings is 2. The highest BCUT2D eigenvalue weighted by atomic mass is 32.2. The van der Waals surface area contributed by atoms with Gasteiger partial charge in [-0.15, -0.1) is 0 Å². The summed E-state index contributed by atoms with van der Waals surface area (Å²) in [5, 5.41) is 3.59. The van der Waals surface area contributed by atoms with Crippen LogP contribution in [0.2, 0.25) is 0 Å². The van der Waals surface area contributed by atoms with Crippen molar-refractivity contribution < 1.29 is 19.0 Å². The third-order valence-corrected chi connectivity index (χ3v) is 4.98. The maximum absolute atomic E-state index is 12.4. The van der Waals surface area contributed by atoms with Crippen molar-refractivity contribution in [2.24, 2.45) is 0 Å². The molecule has 0 fully saturated rings. The monoisotopic (exact) mass is 413 g/mol. The van der Waals surface area contributed by atoms with E-state index in [9.17, 15) is 4.79 Å². The minimum atomic E-state index is -0.138. The summed E-state index contributed by atoms with van der Waals surface area (Å²) in [5.41, 5.74) is 1.56. The van der Waals surface area contributed by atoms with Crippen LogP contribution in [-0.2, 0) is 4.79 Å². The Morgan fingerprint density at radius 2 is 2.00 bits per heavy atom. The van der Waals surface area contributed by atoms with E-state index in [4.69, 9.17) is 14.2 Å². The molecule has 0 bridgehead atoms. The van der Waals surface area contributed by atoms with E-state index in [0.717, 1.165) is 16.6 Å². The predicted molar refractivity (Wildman–Crippen MR) is 114 cm³/mol. The largest absolute Gasteiger partial charge is 0.497 e. The van der Waals surface area contributed by atoms with Crippen molar-refractivity contribution in [3.63, 3.8) is 0 Å². The van der Waals surface area contributed by atoms with E-state index in [1.54, 1.807) is 38.6 Å². The number of ether oxygens (including phenoxy) is 3. The number of hydrogen-bond acceptors (Lipinski definition) is 6. The molecule has 0 aliphatic heterocycles. The molecule has 1 N–H and O–H groups in total. The number of hydrogen-bond donors (Lipinski definition) is 1. The Bertz CT molecular complexity index is 974. The van der Waals surface area contributed by atoms with Crippen LogP contribution in [0.5, 0.6) is 17.2 Å². The molecule has 1 heterocycles. The fourth-order valence-electron chi connectivity index (χ4n) is 2.70. The molecule has 2 aromatic carbocycles. The molecule has 0 radical (unpaired) electrons. The molecule has 0 spiro atoms. The zero-order chi connectivity index (χ0) is 20.6. The van der Waals surface area contributed by atoms with Gasteiger partial charge in [-0.1, -0.05) is 17.8 Å². The fourth-order valence-corrected chi connectivity index (χ4v) is 3.47. The van der Waals surface area contributed by atoms with E-state index in [0.29, 0.717) is 23.8 Å². The van der Waals surface area contributed by atoms with Gasteiger partial charge in [-0.05, 0) is 31.2 Å². The summed E-state index contributed by atoms with van der Waals surface area (Å²) in [6, 6.07) is 13.0. The number of methoxy groups -OCH3 is 2. The van der Waals surface area contributed by atoms with Crippen LogP contribution in [0.1, 0.15) is 6.92 Å². The van der Waals surface area contributed by atoms with E-state index < -0.39 is 0 Å². The number of rotatable bonds is 9. The first kappa shape index (κ1) is 20.6. The van der Waals surface area contributed by atoms with Crippen LogP contribution >= 0.6 is 11.8 Å². The number of amides is 1. The van der Waals surface area contributed by atoms with Crippen LogP contribution in [0.25, 0.3) is 5.69 Å². The van der Waals surface area contributed by atoms with Crippen LogP contribution in [0.15, 0.2) is 60.0 Å². The number of carbonyl (C=O) groups is 1. The molecule has 0 saturated carbocycles. The molecule has 3 aromatic rings. The van der Waals surface area contributed by atoms with Crippen LogP contribution in [0.4, 0.5) is 5.69 Å². The fraction of sp³-hybridized carbons (Fsp3) is 0.238. The van der Waals surface area contributed by atoms with Crippen LogP contribution < -0.4 is 19.5 Å². The van der Waals surface area contributed by atoms with E-state index in [-0.39, 0.29) is 11.7 Å². The van der Waals surface area contributed by atoms with Crippen LogP contribution in [0, 0.1) is 0 Å². The zero-order valence-electron chi connectivity index (χ0n) is 16.5. The van der Waals surface area contributed by atoms with Gasteiger partial charge in [0.15, 0.2) is 16.7 Å².